The molecule has 0 unspecified atom stereocenters. The number of methoxy groups -OCH3 is 3. The number of rotatable bonds is 12. The van der Waals surface area contributed by atoms with Crippen LogP contribution in [0.25, 0.3) is 0 Å². The van der Waals surface area contributed by atoms with Gasteiger partial charge in [-0.1, -0.05) is 30.3 Å². The van der Waals surface area contributed by atoms with Gasteiger partial charge in [0.05, 0.1) is 33.5 Å². The first kappa shape index (κ1) is 25.6. The highest BCUT2D eigenvalue weighted by Gasteiger charge is 2.17. The molecule has 2 aromatic rings. The molecule has 7 heteroatoms. The third-order valence-electron chi connectivity index (χ3n) is 4.69. The lowest BCUT2D eigenvalue weighted by molar-refractivity contribution is 0.0495. The number of carbonyl (C=O) groups excluding carboxylic acids is 1. The summed E-state index contributed by atoms with van der Waals surface area (Å²) in [6, 6.07) is 13.7. The van der Waals surface area contributed by atoms with Crippen LogP contribution in [0.15, 0.2) is 42.5 Å². The molecule has 0 aliphatic heterocycles. The van der Waals surface area contributed by atoms with E-state index >= 15 is 0 Å². The molecule has 0 heterocycles. The molecular weight excluding hydrogens is 406 g/mol. The Kier molecular flexibility index (Phi) is 11.7. The molecule has 0 aliphatic rings. The minimum atomic E-state index is -0.401. The largest absolute Gasteiger partial charge is 0.493 e. The topological polar surface area (TPSA) is 57.2 Å². The highest BCUT2D eigenvalue weighted by atomic mass is 35.5. The Labute approximate surface area is 185 Å². The minimum absolute atomic E-state index is 0. The summed E-state index contributed by atoms with van der Waals surface area (Å²) in [5, 5.41) is 0. The van der Waals surface area contributed by atoms with Crippen LogP contribution < -0.4 is 14.2 Å². The maximum absolute atomic E-state index is 12.4. The van der Waals surface area contributed by atoms with Gasteiger partial charge in [0, 0.05) is 6.54 Å². The molecule has 0 fully saturated rings. The van der Waals surface area contributed by atoms with E-state index in [4.69, 9.17) is 18.9 Å². The maximum atomic E-state index is 12.4. The van der Waals surface area contributed by atoms with Crippen molar-refractivity contribution in [2.24, 2.45) is 0 Å². The molecule has 166 valence electrons. The number of likely N-dealkylation sites (N-methyl/N-ethyl adjacent to an activating group) is 1. The second-order valence-corrected chi connectivity index (χ2v) is 6.80. The zero-order valence-corrected chi connectivity index (χ0v) is 19.0. The predicted octanol–water partition coefficient (Wildman–Crippen LogP) is 4.25. The standard InChI is InChI=1S/C23H31NO5.ClH/c1-24(14-12-18-10-6-5-7-11-18)13-8-9-15-29-23(25)19-16-20(26-2)22(28-4)21(17-19)27-3;/h5-7,10-11,16-17H,8-9,12-15H2,1-4H3;1H. The van der Waals surface area contributed by atoms with Gasteiger partial charge in [-0.05, 0) is 50.6 Å². The summed E-state index contributed by atoms with van der Waals surface area (Å²) in [7, 11) is 6.67. The van der Waals surface area contributed by atoms with E-state index in [-0.39, 0.29) is 12.4 Å². The molecule has 6 nitrogen and oxygen atoms in total. The van der Waals surface area contributed by atoms with Gasteiger partial charge >= 0.3 is 5.97 Å². The van der Waals surface area contributed by atoms with Crippen LogP contribution in [0, 0.1) is 0 Å². The predicted molar refractivity (Wildman–Crippen MR) is 121 cm³/mol. The second kappa shape index (κ2) is 13.7. The van der Waals surface area contributed by atoms with E-state index < -0.39 is 5.97 Å². The van der Waals surface area contributed by atoms with E-state index in [0.29, 0.717) is 29.4 Å². The molecule has 0 aromatic heterocycles. The molecule has 0 spiro atoms. The summed E-state index contributed by atoms with van der Waals surface area (Å²) in [5.74, 6) is 0.907. The van der Waals surface area contributed by atoms with Gasteiger partial charge in [-0.2, -0.15) is 0 Å². The van der Waals surface area contributed by atoms with E-state index in [1.54, 1.807) is 12.1 Å². The molecule has 0 atom stereocenters. The van der Waals surface area contributed by atoms with Crippen molar-refractivity contribution in [2.75, 3.05) is 48.1 Å². The fourth-order valence-corrected chi connectivity index (χ4v) is 3.01. The first-order chi connectivity index (χ1) is 14.1. The summed E-state index contributed by atoms with van der Waals surface area (Å²) < 4.78 is 21.2. The van der Waals surface area contributed by atoms with Gasteiger partial charge < -0.3 is 23.8 Å². The second-order valence-electron chi connectivity index (χ2n) is 6.80. The zero-order valence-electron chi connectivity index (χ0n) is 18.2. The third kappa shape index (κ3) is 7.76. The van der Waals surface area contributed by atoms with Crippen molar-refractivity contribution in [1.82, 2.24) is 4.90 Å². The Morgan fingerprint density at radius 2 is 1.53 bits per heavy atom. The Balaban J connectivity index is 0.00000450. The molecule has 0 bridgehead atoms. The van der Waals surface area contributed by atoms with Crippen molar-refractivity contribution in [3.8, 4) is 17.2 Å². The number of carbonyl (C=O) groups is 1. The zero-order chi connectivity index (χ0) is 21.1. The molecule has 0 amide bonds. The van der Waals surface area contributed by atoms with Crippen LogP contribution in [0.2, 0.25) is 0 Å². The lowest BCUT2D eigenvalue weighted by Crippen LogP contribution is -2.22. The number of nitrogens with zero attached hydrogens (tertiary/aromatic N) is 1. The van der Waals surface area contributed by atoms with E-state index in [9.17, 15) is 4.79 Å². The molecule has 0 aliphatic carbocycles. The molecule has 2 aromatic carbocycles. The van der Waals surface area contributed by atoms with Crippen LogP contribution in [-0.2, 0) is 11.2 Å². The smallest absolute Gasteiger partial charge is 0.338 e. The number of ether oxygens (including phenoxy) is 4. The number of unbranched alkanes of at least 4 members (excludes halogenated alkanes) is 1. The SMILES string of the molecule is COc1cc(C(=O)OCCCCN(C)CCc2ccccc2)cc(OC)c1OC.Cl. The highest BCUT2D eigenvalue weighted by molar-refractivity contribution is 5.91. The van der Waals surface area contributed by atoms with Crippen molar-refractivity contribution in [1.29, 1.82) is 0 Å². The fraction of sp³-hybridized carbons (Fsp3) is 0.435. The number of hydrogen-bond donors (Lipinski definition) is 0. The molecule has 0 radical (unpaired) electrons. The quantitative estimate of drug-likeness (QED) is 0.365. The van der Waals surface area contributed by atoms with Crippen LogP contribution in [0.1, 0.15) is 28.8 Å². The Morgan fingerprint density at radius 3 is 2.10 bits per heavy atom. The average molecular weight is 438 g/mol. The number of halogens is 1. The summed E-state index contributed by atoms with van der Waals surface area (Å²) in [6.07, 6.45) is 2.81. The van der Waals surface area contributed by atoms with Crippen LogP contribution in [-0.4, -0.2) is 58.9 Å². The van der Waals surface area contributed by atoms with E-state index in [2.05, 4.69) is 36.2 Å². The van der Waals surface area contributed by atoms with Crippen molar-refractivity contribution < 1.29 is 23.7 Å². The van der Waals surface area contributed by atoms with E-state index in [1.165, 1.54) is 26.9 Å². The number of benzene rings is 2. The van der Waals surface area contributed by atoms with Gasteiger partial charge in [-0.3, -0.25) is 0 Å². The summed E-state index contributed by atoms with van der Waals surface area (Å²) in [5.41, 5.74) is 1.72. The van der Waals surface area contributed by atoms with Gasteiger partial charge in [0.25, 0.3) is 0 Å². The molecule has 2 rings (SSSR count). The Hall–Kier alpha value is -2.44. The molecule has 0 N–H and O–H groups in total. The third-order valence-corrected chi connectivity index (χ3v) is 4.69. The molecular formula is C23H32ClNO5. The first-order valence-corrected chi connectivity index (χ1v) is 9.78. The lowest BCUT2D eigenvalue weighted by Gasteiger charge is -2.16. The lowest BCUT2D eigenvalue weighted by atomic mass is 10.1. The maximum Gasteiger partial charge on any atom is 0.338 e. The van der Waals surface area contributed by atoms with Gasteiger partial charge in [0.2, 0.25) is 5.75 Å². The fourth-order valence-electron chi connectivity index (χ4n) is 3.01. The summed E-state index contributed by atoms with van der Waals surface area (Å²) in [4.78, 5) is 14.7. The molecule has 0 saturated carbocycles. The van der Waals surface area contributed by atoms with Gasteiger partial charge in [-0.15, -0.1) is 12.4 Å². The summed E-state index contributed by atoms with van der Waals surface area (Å²) >= 11 is 0. The van der Waals surface area contributed by atoms with Crippen LogP contribution in [0.5, 0.6) is 17.2 Å². The molecule has 0 saturated heterocycles. The van der Waals surface area contributed by atoms with Gasteiger partial charge in [0.1, 0.15) is 0 Å². The highest BCUT2D eigenvalue weighted by Crippen LogP contribution is 2.38. The van der Waals surface area contributed by atoms with Crippen molar-refractivity contribution in [2.45, 2.75) is 19.3 Å². The first-order valence-electron chi connectivity index (χ1n) is 9.78. The average Bonchev–Trinajstić information content (AvgIpc) is 2.76. The van der Waals surface area contributed by atoms with Crippen LogP contribution >= 0.6 is 12.4 Å². The number of esters is 1. The van der Waals surface area contributed by atoms with Crippen LogP contribution in [0.4, 0.5) is 0 Å². The Morgan fingerprint density at radius 1 is 0.900 bits per heavy atom. The van der Waals surface area contributed by atoms with Crippen molar-refractivity contribution >= 4 is 18.4 Å². The Bertz CT molecular complexity index is 744. The monoisotopic (exact) mass is 437 g/mol. The van der Waals surface area contributed by atoms with Crippen molar-refractivity contribution in [3.63, 3.8) is 0 Å². The number of hydrogen-bond acceptors (Lipinski definition) is 6. The van der Waals surface area contributed by atoms with Gasteiger partial charge in [0.15, 0.2) is 11.5 Å². The van der Waals surface area contributed by atoms with E-state index in [1.807, 2.05) is 6.07 Å². The van der Waals surface area contributed by atoms with Gasteiger partial charge in [-0.25, -0.2) is 4.79 Å². The molecule has 30 heavy (non-hydrogen) atoms. The summed E-state index contributed by atoms with van der Waals surface area (Å²) in [6.45, 7) is 2.35. The van der Waals surface area contributed by atoms with E-state index in [0.717, 1.165) is 32.4 Å². The van der Waals surface area contributed by atoms with Crippen LogP contribution in [0.3, 0.4) is 0 Å². The minimum Gasteiger partial charge on any atom is -0.493 e. The van der Waals surface area contributed by atoms with Crippen molar-refractivity contribution in [3.05, 3.63) is 53.6 Å². The normalized spacial score (nSPS) is 10.3.